The Morgan fingerprint density at radius 2 is 1.87 bits per heavy atom. The molecule has 15 heavy (non-hydrogen) atoms. The number of carbonyl (C=O) groups is 1. The summed E-state index contributed by atoms with van der Waals surface area (Å²) in [4.78, 5) is 10.9. The van der Waals surface area contributed by atoms with E-state index >= 15 is 0 Å². The van der Waals surface area contributed by atoms with Crippen LogP contribution in [-0.4, -0.2) is 23.5 Å². The quantitative estimate of drug-likeness (QED) is 0.546. The minimum absolute atomic E-state index is 0.130. The summed E-state index contributed by atoms with van der Waals surface area (Å²) in [5, 5.41) is 18.0. The van der Waals surface area contributed by atoms with Gasteiger partial charge in [0, 0.05) is 5.56 Å². The molecule has 1 aromatic rings. The Morgan fingerprint density at radius 1 is 1.27 bits per heavy atom. The maximum Gasteiger partial charge on any atom is 0.488 e. The first-order chi connectivity index (χ1) is 6.86. The van der Waals surface area contributed by atoms with Crippen LogP contribution in [0.15, 0.2) is 18.2 Å². The lowest BCUT2D eigenvalue weighted by molar-refractivity contribution is 0.112. The zero-order chi connectivity index (χ0) is 11.6. The van der Waals surface area contributed by atoms with Crippen LogP contribution in [0.5, 0.6) is 0 Å². The molecule has 0 saturated heterocycles. The van der Waals surface area contributed by atoms with E-state index in [4.69, 9.17) is 10.0 Å². The molecule has 0 fully saturated rings. The van der Waals surface area contributed by atoms with E-state index in [2.05, 4.69) is 0 Å². The van der Waals surface area contributed by atoms with Gasteiger partial charge >= 0.3 is 7.12 Å². The minimum Gasteiger partial charge on any atom is -0.423 e. The molecule has 80 valence electrons. The zero-order valence-corrected chi connectivity index (χ0v) is 9.19. The van der Waals surface area contributed by atoms with Gasteiger partial charge in [0.2, 0.25) is 0 Å². The third kappa shape index (κ3) is 2.67. The first-order valence-electron chi connectivity index (χ1n) is 4.82. The molecule has 0 aliphatic carbocycles. The molecule has 0 aliphatic rings. The van der Waals surface area contributed by atoms with Crippen LogP contribution < -0.4 is 5.46 Å². The molecule has 0 heterocycles. The standard InChI is InChI=1S/C11H15BO3/c1-11(2,3)10-5-4-9(12(14)15)6-8(10)7-13/h4-7,14-15H,1-3H3. The fourth-order valence-electron chi connectivity index (χ4n) is 1.52. The molecule has 0 atom stereocenters. The van der Waals surface area contributed by atoms with E-state index in [1.54, 1.807) is 12.1 Å². The van der Waals surface area contributed by atoms with Crippen molar-refractivity contribution in [2.75, 3.05) is 0 Å². The molecular formula is C11H15BO3. The smallest absolute Gasteiger partial charge is 0.423 e. The molecule has 3 nitrogen and oxygen atoms in total. The number of aldehydes is 1. The van der Waals surface area contributed by atoms with Crippen molar-refractivity contribution < 1.29 is 14.8 Å². The van der Waals surface area contributed by atoms with Crippen LogP contribution in [-0.2, 0) is 5.41 Å². The maximum atomic E-state index is 10.9. The number of hydrogen-bond donors (Lipinski definition) is 2. The van der Waals surface area contributed by atoms with E-state index in [1.807, 2.05) is 20.8 Å². The van der Waals surface area contributed by atoms with Crippen LogP contribution >= 0.6 is 0 Å². The van der Waals surface area contributed by atoms with E-state index in [9.17, 15) is 4.79 Å². The summed E-state index contributed by atoms with van der Waals surface area (Å²) in [6, 6.07) is 4.90. The summed E-state index contributed by atoms with van der Waals surface area (Å²) in [5.41, 5.74) is 1.62. The Kier molecular flexibility index (Phi) is 3.32. The minimum atomic E-state index is -1.53. The van der Waals surface area contributed by atoms with Crippen LogP contribution in [0.2, 0.25) is 0 Å². The van der Waals surface area contributed by atoms with Crippen LogP contribution in [0.25, 0.3) is 0 Å². The van der Waals surface area contributed by atoms with Crippen molar-refractivity contribution in [1.82, 2.24) is 0 Å². The molecule has 0 aliphatic heterocycles. The second kappa shape index (κ2) is 4.17. The third-order valence-corrected chi connectivity index (χ3v) is 2.31. The van der Waals surface area contributed by atoms with E-state index in [0.717, 1.165) is 11.8 Å². The Labute approximate surface area is 89.9 Å². The average Bonchev–Trinajstić information content (AvgIpc) is 2.15. The van der Waals surface area contributed by atoms with Crippen LogP contribution in [0.4, 0.5) is 0 Å². The summed E-state index contributed by atoms with van der Waals surface area (Å²) >= 11 is 0. The van der Waals surface area contributed by atoms with Gasteiger partial charge in [-0.05, 0) is 16.4 Å². The van der Waals surface area contributed by atoms with Gasteiger partial charge in [0.15, 0.2) is 0 Å². The topological polar surface area (TPSA) is 57.5 Å². The predicted molar refractivity (Wildman–Crippen MR) is 60.4 cm³/mol. The summed E-state index contributed by atoms with van der Waals surface area (Å²) in [7, 11) is -1.53. The molecule has 1 rings (SSSR count). The molecular weight excluding hydrogens is 191 g/mol. The summed E-state index contributed by atoms with van der Waals surface area (Å²) in [6.45, 7) is 6.01. The van der Waals surface area contributed by atoms with Gasteiger partial charge in [0.25, 0.3) is 0 Å². The normalized spacial score (nSPS) is 11.3. The highest BCUT2D eigenvalue weighted by atomic mass is 16.4. The second-order valence-corrected chi connectivity index (χ2v) is 4.59. The Hall–Kier alpha value is -1.13. The number of carbonyl (C=O) groups excluding carboxylic acids is 1. The van der Waals surface area contributed by atoms with Crippen LogP contribution in [0.3, 0.4) is 0 Å². The summed E-state index contributed by atoms with van der Waals surface area (Å²) in [6.07, 6.45) is 0.743. The fraction of sp³-hybridized carbons (Fsp3) is 0.364. The lowest BCUT2D eigenvalue weighted by atomic mass is 9.76. The number of hydrogen-bond acceptors (Lipinski definition) is 3. The van der Waals surface area contributed by atoms with Gasteiger partial charge in [0.1, 0.15) is 6.29 Å². The second-order valence-electron chi connectivity index (χ2n) is 4.59. The molecule has 0 radical (unpaired) electrons. The van der Waals surface area contributed by atoms with Gasteiger partial charge < -0.3 is 10.0 Å². The highest BCUT2D eigenvalue weighted by Crippen LogP contribution is 2.24. The van der Waals surface area contributed by atoms with Crippen molar-refractivity contribution >= 4 is 18.9 Å². The summed E-state index contributed by atoms with van der Waals surface area (Å²) in [5.74, 6) is 0. The monoisotopic (exact) mass is 206 g/mol. The van der Waals surface area contributed by atoms with E-state index < -0.39 is 7.12 Å². The Bertz CT molecular complexity index is 367. The molecule has 0 aromatic heterocycles. The third-order valence-electron chi connectivity index (χ3n) is 2.31. The highest BCUT2D eigenvalue weighted by molar-refractivity contribution is 6.58. The van der Waals surface area contributed by atoms with Crippen LogP contribution in [0, 0.1) is 0 Å². The molecule has 0 saturated carbocycles. The Balaban J connectivity index is 3.27. The lowest BCUT2D eigenvalue weighted by Crippen LogP contribution is -2.31. The predicted octanol–water partition coefficient (Wildman–Crippen LogP) is 0.476. The summed E-state index contributed by atoms with van der Waals surface area (Å²) < 4.78 is 0. The zero-order valence-electron chi connectivity index (χ0n) is 9.19. The van der Waals surface area contributed by atoms with E-state index in [-0.39, 0.29) is 5.41 Å². The maximum absolute atomic E-state index is 10.9. The van der Waals surface area contributed by atoms with Gasteiger partial charge in [-0.25, -0.2) is 0 Å². The molecule has 2 N–H and O–H groups in total. The van der Waals surface area contributed by atoms with Crippen LogP contribution in [0.1, 0.15) is 36.7 Å². The number of rotatable bonds is 2. The van der Waals surface area contributed by atoms with Crippen molar-refractivity contribution in [3.05, 3.63) is 29.3 Å². The molecule has 0 amide bonds. The lowest BCUT2D eigenvalue weighted by Gasteiger charge is -2.21. The average molecular weight is 206 g/mol. The largest absolute Gasteiger partial charge is 0.488 e. The van der Waals surface area contributed by atoms with Crippen molar-refractivity contribution in [2.45, 2.75) is 26.2 Å². The first kappa shape index (κ1) is 11.9. The number of benzene rings is 1. The van der Waals surface area contributed by atoms with Crippen molar-refractivity contribution in [3.8, 4) is 0 Å². The highest BCUT2D eigenvalue weighted by Gasteiger charge is 2.20. The van der Waals surface area contributed by atoms with Crippen molar-refractivity contribution in [3.63, 3.8) is 0 Å². The van der Waals surface area contributed by atoms with Crippen molar-refractivity contribution in [2.24, 2.45) is 0 Å². The fourth-order valence-corrected chi connectivity index (χ4v) is 1.52. The molecule has 4 heteroatoms. The molecule has 0 spiro atoms. The molecule has 0 bridgehead atoms. The SMILES string of the molecule is CC(C)(C)c1ccc(B(O)O)cc1C=O. The van der Waals surface area contributed by atoms with Gasteiger partial charge in [-0.2, -0.15) is 0 Å². The van der Waals surface area contributed by atoms with Gasteiger partial charge in [0.05, 0.1) is 0 Å². The van der Waals surface area contributed by atoms with Gasteiger partial charge in [-0.1, -0.05) is 39.0 Å². The van der Waals surface area contributed by atoms with E-state index in [0.29, 0.717) is 11.0 Å². The van der Waals surface area contributed by atoms with Gasteiger partial charge in [-0.15, -0.1) is 0 Å². The first-order valence-corrected chi connectivity index (χ1v) is 4.82. The molecule has 1 aromatic carbocycles. The molecule has 0 unspecified atom stereocenters. The van der Waals surface area contributed by atoms with Crippen molar-refractivity contribution in [1.29, 1.82) is 0 Å². The van der Waals surface area contributed by atoms with Gasteiger partial charge in [-0.3, -0.25) is 4.79 Å². The Morgan fingerprint density at radius 3 is 2.27 bits per heavy atom. The van der Waals surface area contributed by atoms with E-state index in [1.165, 1.54) is 6.07 Å².